The van der Waals surface area contributed by atoms with Crippen molar-refractivity contribution in [2.24, 2.45) is 0 Å². The predicted octanol–water partition coefficient (Wildman–Crippen LogP) is 1.70. The molecule has 0 aromatic carbocycles. The van der Waals surface area contributed by atoms with Crippen molar-refractivity contribution in [1.82, 2.24) is 14.8 Å². The predicted molar refractivity (Wildman–Crippen MR) is 75.3 cm³/mol. The van der Waals surface area contributed by atoms with Gasteiger partial charge in [-0.3, -0.25) is 9.69 Å². The molecule has 1 aromatic rings. The van der Waals surface area contributed by atoms with Crippen molar-refractivity contribution in [3.63, 3.8) is 0 Å². The van der Waals surface area contributed by atoms with E-state index in [9.17, 15) is 4.79 Å². The van der Waals surface area contributed by atoms with Crippen LogP contribution in [0.25, 0.3) is 0 Å². The highest BCUT2D eigenvalue weighted by Crippen LogP contribution is 2.10. The first-order valence-corrected chi connectivity index (χ1v) is 6.43. The quantitative estimate of drug-likeness (QED) is 0.750. The van der Waals surface area contributed by atoms with Crippen molar-refractivity contribution < 1.29 is 4.79 Å². The summed E-state index contributed by atoms with van der Waals surface area (Å²) in [5.41, 5.74) is 2.84. The Bertz CT molecular complexity index is 396. The Balaban J connectivity index is 2.42. The third-order valence-corrected chi connectivity index (χ3v) is 3.01. The number of aromatic amines is 1. The number of aromatic nitrogens is 1. The Morgan fingerprint density at radius 1 is 1.22 bits per heavy atom. The summed E-state index contributed by atoms with van der Waals surface area (Å²) in [5.74, 6) is 0.198. The molecule has 0 aliphatic heterocycles. The maximum Gasteiger partial charge on any atom is 0.178 e. The molecular weight excluding hydrogens is 226 g/mol. The lowest BCUT2D eigenvalue weighted by Gasteiger charge is -2.17. The van der Waals surface area contributed by atoms with E-state index in [1.165, 1.54) is 0 Å². The van der Waals surface area contributed by atoms with Crippen LogP contribution in [-0.4, -0.2) is 61.3 Å². The summed E-state index contributed by atoms with van der Waals surface area (Å²) < 4.78 is 0. The van der Waals surface area contributed by atoms with E-state index in [0.29, 0.717) is 6.54 Å². The second kappa shape index (κ2) is 6.71. The molecule has 1 rings (SSSR count). The molecule has 18 heavy (non-hydrogen) atoms. The zero-order chi connectivity index (χ0) is 13.7. The second-order valence-electron chi connectivity index (χ2n) is 5.31. The average molecular weight is 251 g/mol. The smallest absolute Gasteiger partial charge is 0.178 e. The van der Waals surface area contributed by atoms with Crippen LogP contribution >= 0.6 is 0 Å². The van der Waals surface area contributed by atoms with Crippen LogP contribution in [0, 0.1) is 13.8 Å². The molecule has 0 aliphatic rings. The van der Waals surface area contributed by atoms with Crippen LogP contribution in [0.1, 0.15) is 28.2 Å². The fourth-order valence-electron chi connectivity index (χ4n) is 2.08. The van der Waals surface area contributed by atoms with Crippen LogP contribution in [-0.2, 0) is 0 Å². The normalized spacial score (nSPS) is 11.5. The van der Waals surface area contributed by atoms with Gasteiger partial charge in [0.1, 0.15) is 0 Å². The van der Waals surface area contributed by atoms with Gasteiger partial charge in [0.2, 0.25) is 0 Å². The summed E-state index contributed by atoms with van der Waals surface area (Å²) in [6.07, 6.45) is 1.09. The van der Waals surface area contributed by atoms with Crippen LogP contribution in [0.3, 0.4) is 0 Å². The molecular formula is C14H25N3O. The molecule has 4 nitrogen and oxygen atoms in total. The number of hydrogen-bond donors (Lipinski definition) is 1. The van der Waals surface area contributed by atoms with E-state index in [0.717, 1.165) is 36.5 Å². The first kappa shape index (κ1) is 14.9. The standard InChI is InChI=1S/C14H25N3O/c1-11-9-13(12(2)15-11)14(18)10-17(5)8-6-7-16(3)4/h9,15H,6-8,10H2,1-5H3. The molecule has 0 amide bonds. The van der Waals surface area contributed by atoms with Gasteiger partial charge in [0.05, 0.1) is 6.54 Å². The first-order valence-electron chi connectivity index (χ1n) is 6.43. The summed E-state index contributed by atoms with van der Waals surface area (Å²) >= 11 is 0. The van der Waals surface area contributed by atoms with Crippen molar-refractivity contribution in [3.8, 4) is 0 Å². The number of hydrogen-bond acceptors (Lipinski definition) is 3. The largest absolute Gasteiger partial charge is 0.362 e. The minimum absolute atomic E-state index is 0.198. The first-order chi connectivity index (χ1) is 8.40. The molecule has 0 bridgehead atoms. The third-order valence-electron chi connectivity index (χ3n) is 3.01. The number of Topliss-reactive ketones (excluding diaryl/α,β-unsaturated/α-hetero) is 1. The van der Waals surface area contributed by atoms with Crippen LogP contribution in [0.2, 0.25) is 0 Å². The number of carbonyl (C=O) groups is 1. The lowest BCUT2D eigenvalue weighted by molar-refractivity contribution is 0.0944. The lowest BCUT2D eigenvalue weighted by atomic mass is 10.1. The maximum absolute atomic E-state index is 12.1. The fraction of sp³-hybridized carbons (Fsp3) is 0.643. The molecule has 0 radical (unpaired) electrons. The van der Waals surface area contributed by atoms with Gasteiger partial charge in [0, 0.05) is 17.0 Å². The molecule has 0 atom stereocenters. The fourth-order valence-corrected chi connectivity index (χ4v) is 2.08. The van der Waals surface area contributed by atoms with E-state index >= 15 is 0 Å². The SMILES string of the molecule is Cc1cc(C(=O)CN(C)CCCN(C)C)c(C)[nH]1. The number of aryl methyl sites for hydroxylation is 2. The van der Waals surface area contributed by atoms with Gasteiger partial charge >= 0.3 is 0 Å². The van der Waals surface area contributed by atoms with E-state index in [2.05, 4.69) is 28.9 Å². The maximum atomic E-state index is 12.1. The Kier molecular flexibility index (Phi) is 5.56. The second-order valence-corrected chi connectivity index (χ2v) is 5.31. The van der Waals surface area contributed by atoms with Gasteiger partial charge in [-0.25, -0.2) is 0 Å². The summed E-state index contributed by atoms with van der Waals surface area (Å²) in [4.78, 5) is 19.5. The number of ketones is 1. The summed E-state index contributed by atoms with van der Waals surface area (Å²) in [6, 6.07) is 1.94. The van der Waals surface area contributed by atoms with Crippen molar-refractivity contribution in [1.29, 1.82) is 0 Å². The Morgan fingerprint density at radius 3 is 2.39 bits per heavy atom. The minimum Gasteiger partial charge on any atom is -0.362 e. The lowest BCUT2D eigenvalue weighted by Crippen LogP contribution is -2.29. The van der Waals surface area contributed by atoms with Crippen molar-refractivity contribution in [2.75, 3.05) is 40.8 Å². The molecule has 102 valence electrons. The number of nitrogens with one attached hydrogen (secondary N) is 1. The highest BCUT2D eigenvalue weighted by molar-refractivity contribution is 5.98. The van der Waals surface area contributed by atoms with Gasteiger partial charge in [-0.15, -0.1) is 0 Å². The monoisotopic (exact) mass is 251 g/mol. The van der Waals surface area contributed by atoms with Crippen LogP contribution in [0.4, 0.5) is 0 Å². The van der Waals surface area contributed by atoms with E-state index in [-0.39, 0.29) is 5.78 Å². The summed E-state index contributed by atoms with van der Waals surface area (Å²) in [5, 5.41) is 0. The van der Waals surface area contributed by atoms with Crippen LogP contribution in [0.15, 0.2) is 6.07 Å². The van der Waals surface area contributed by atoms with E-state index in [1.54, 1.807) is 0 Å². The van der Waals surface area contributed by atoms with Gasteiger partial charge in [-0.1, -0.05) is 0 Å². The molecule has 0 unspecified atom stereocenters. The number of nitrogens with zero attached hydrogens (tertiary/aromatic N) is 2. The average Bonchev–Trinajstić information content (AvgIpc) is 2.57. The number of carbonyl (C=O) groups excluding carboxylic acids is 1. The van der Waals surface area contributed by atoms with Gasteiger partial charge in [0.15, 0.2) is 5.78 Å². The van der Waals surface area contributed by atoms with Crippen LogP contribution in [0.5, 0.6) is 0 Å². The highest BCUT2D eigenvalue weighted by atomic mass is 16.1. The van der Waals surface area contributed by atoms with E-state index in [4.69, 9.17) is 0 Å². The Hall–Kier alpha value is -1.13. The molecule has 0 saturated heterocycles. The number of H-pyrrole nitrogens is 1. The summed E-state index contributed by atoms with van der Waals surface area (Å²) in [7, 11) is 6.14. The Morgan fingerprint density at radius 2 is 1.89 bits per heavy atom. The summed E-state index contributed by atoms with van der Waals surface area (Å²) in [6.45, 7) is 6.43. The molecule has 1 aromatic heterocycles. The van der Waals surface area contributed by atoms with Gasteiger partial charge in [0.25, 0.3) is 0 Å². The van der Waals surface area contributed by atoms with E-state index in [1.807, 2.05) is 27.0 Å². The molecule has 0 fully saturated rings. The van der Waals surface area contributed by atoms with Crippen molar-refractivity contribution in [3.05, 3.63) is 23.0 Å². The minimum atomic E-state index is 0.198. The van der Waals surface area contributed by atoms with Gasteiger partial charge < -0.3 is 9.88 Å². The third kappa shape index (κ3) is 4.63. The zero-order valence-corrected chi connectivity index (χ0v) is 12.2. The van der Waals surface area contributed by atoms with E-state index < -0.39 is 0 Å². The Labute approximate surface area is 110 Å². The van der Waals surface area contributed by atoms with Gasteiger partial charge in [-0.2, -0.15) is 0 Å². The van der Waals surface area contributed by atoms with Crippen molar-refractivity contribution >= 4 is 5.78 Å². The van der Waals surface area contributed by atoms with Crippen molar-refractivity contribution in [2.45, 2.75) is 20.3 Å². The highest BCUT2D eigenvalue weighted by Gasteiger charge is 2.13. The molecule has 1 N–H and O–H groups in total. The number of likely N-dealkylation sites (N-methyl/N-ethyl adjacent to an activating group) is 1. The molecule has 0 saturated carbocycles. The van der Waals surface area contributed by atoms with Crippen LogP contribution < -0.4 is 0 Å². The topological polar surface area (TPSA) is 39.3 Å². The molecule has 4 heteroatoms. The zero-order valence-electron chi connectivity index (χ0n) is 12.2. The number of rotatable bonds is 7. The van der Waals surface area contributed by atoms with Gasteiger partial charge in [-0.05, 0) is 60.6 Å². The molecule has 1 heterocycles. The molecule has 0 aliphatic carbocycles. The molecule has 0 spiro atoms.